The zero-order chi connectivity index (χ0) is 14.3. The van der Waals surface area contributed by atoms with Crippen molar-refractivity contribution in [1.82, 2.24) is 5.32 Å². The number of hydrogen-bond donors (Lipinski definition) is 2. The zero-order valence-corrected chi connectivity index (χ0v) is 12.3. The molecule has 0 aliphatic carbocycles. The quantitative estimate of drug-likeness (QED) is 0.808. The number of rotatable bonds is 7. The highest BCUT2D eigenvalue weighted by atomic mass is 35.5. The van der Waals surface area contributed by atoms with Crippen LogP contribution in [-0.4, -0.2) is 23.7 Å². The van der Waals surface area contributed by atoms with Gasteiger partial charge in [-0.25, -0.2) is 0 Å². The largest absolute Gasteiger partial charge is 0.396 e. The molecule has 0 spiro atoms. The van der Waals surface area contributed by atoms with Crippen molar-refractivity contribution >= 4 is 17.5 Å². The predicted octanol–water partition coefficient (Wildman–Crippen LogP) is 2.80. The van der Waals surface area contributed by atoms with Gasteiger partial charge in [-0.3, -0.25) is 4.79 Å². The van der Waals surface area contributed by atoms with Crippen LogP contribution in [0.3, 0.4) is 0 Å². The summed E-state index contributed by atoms with van der Waals surface area (Å²) in [6, 6.07) is 7.59. The van der Waals surface area contributed by atoms with Crippen LogP contribution in [0.15, 0.2) is 24.3 Å². The third-order valence-corrected chi connectivity index (χ3v) is 3.54. The van der Waals surface area contributed by atoms with Crippen molar-refractivity contribution in [3.05, 3.63) is 34.9 Å². The van der Waals surface area contributed by atoms with Crippen molar-refractivity contribution in [2.45, 2.75) is 39.2 Å². The fourth-order valence-electron chi connectivity index (χ4n) is 1.94. The van der Waals surface area contributed by atoms with Gasteiger partial charge in [0, 0.05) is 24.1 Å². The molecule has 1 aromatic rings. The van der Waals surface area contributed by atoms with E-state index in [1.165, 1.54) is 0 Å². The van der Waals surface area contributed by atoms with E-state index < -0.39 is 0 Å². The molecule has 3 nitrogen and oxygen atoms in total. The summed E-state index contributed by atoms with van der Waals surface area (Å²) in [4.78, 5) is 11.9. The van der Waals surface area contributed by atoms with E-state index in [0.29, 0.717) is 30.2 Å². The lowest BCUT2D eigenvalue weighted by atomic mass is 10.0. The van der Waals surface area contributed by atoms with Crippen LogP contribution in [0.5, 0.6) is 0 Å². The average Bonchev–Trinajstić information content (AvgIpc) is 2.37. The first kappa shape index (κ1) is 16.0. The molecule has 2 N–H and O–H groups in total. The van der Waals surface area contributed by atoms with E-state index in [-0.39, 0.29) is 18.6 Å². The highest BCUT2D eigenvalue weighted by molar-refractivity contribution is 6.31. The van der Waals surface area contributed by atoms with Gasteiger partial charge in [-0.05, 0) is 30.4 Å². The van der Waals surface area contributed by atoms with E-state index in [0.717, 1.165) is 5.56 Å². The maximum atomic E-state index is 11.9. The Morgan fingerprint density at radius 3 is 2.63 bits per heavy atom. The summed E-state index contributed by atoms with van der Waals surface area (Å²) in [7, 11) is 0. The van der Waals surface area contributed by atoms with Gasteiger partial charge in [-0.15, -0.1) is 0 Å². The molecule has 4 heteroatoms. The van der Waals surface area contributed by atoms with Crippen molar-refractivity contribution < 1.29 is 9.90 Å². The average molecular weight is 284 g/mol. The maximum Gasteiger partial charge on any atom is 0.220 e. The topological polar surface area (TPSA) is 49.3 Å². The van der Waals surface area contributed by atoms with E-state index in [4.69, 9.17) is 16.7 Å². The van der Waals surface area contributed by atoms with Crippen molar-refractivity contribution in [2.75, 3.05) is 6.61 Å². The van der Waals surface area contributed by atoms with Crippen LogP contribution in [0, 0.1) is 5.92 Å². The highest BCUT2D eigenvalue weighted by Crippen LogP contribution is 2.16. The van der Waals surface area contributed by atoms with Crippen molar-refractivity contribution in [3.8, 4) is 0 Å². The summed E-state index contributed by atoms with van der Waals surface area (Å²) in [6.07, 6.45) is 1.64. The van der Waals surface area contributed by atoms with Crippen LogP contribution in [0.25, 0.3) is 0 Å². The summed E-state index contributed by atoms with van der Waals surface area (Å²) >= 11 is 6.05. The molecule has 0 heterocycles. The van der Waals surface area contributed by atoms with Gasteiger partial charge in [0.1, 0.15) is 0 Å². The molecular weight excluding hydrogens is 262 g/mol. The van der Waals surface area contributed by atoms with Crippen LogP contribution in [-0.2, 0) is 11.2 Å². The van der Waals surface area contributed by atoms with Crippen molar-refractivity contribution in [1.29, 1.82) is 0 Å². The Balaban J connectivity index is 2.45. The number of aryl methyl sites for hydroxylation is 1. The van der Waals surface area contributed by atoms with Crippen molar-refractivity contribution in [3.63, 3.8) is 0 Å². The minimum atomic E-state index is 0.00655. The van der Waals surface area contributed by atoms with Crippen LogP contribution in [0.1, 0.15) is 32.3 Å². The molecule has 1 aromatic carbocycles. The third-order valence-electron chi connectivity index (χ3n) is 3.17. The van der Waals surface area contributed by atoms with Crippen LogP contribution >= 0.6 is 11.6 Å². The number of hydrogen-bond acceptors (Lipinski definition) is 2. The van der Waals surface area contributed by atoms with E-state index in [9.17, 15) is 4.79 Å². The van der Waals surface area contributed by atoms with Gasteiger partial charge in [0.25, 0.3) is 0 Å². The number of nitrogens with one attached hydrogen (secondary N) is 1. The standard InChI is InChI=1S/C15H22ClNO2/c1-11(2)14(9-10-18)17-15(19)8-7-12-5-3-4-6-13(12)16/h3-6,11,14,18H,7-10H2,1-2H3,(H,17,19). The van der Waals surface area contributed by atoms with E-state index in [2.05, 4.69) is 5.32 Å². The Labute approximate surface area is 120 Å². The number of carbonyl (C=O) groups is 1. The number of aliphatic hydroxyl groups excluding tert-OH is 1. The van der Waals surface area contributed by atoms with Crippen LogP contribution in [0.4, 0.5) is 0 Å². The molecule has 1 unspecified atom stereocenters. The smallest absolute Gasteiger partial charge is 0.220 e. The highest BCUT2D eigenvalue weighted by Gasteiger charge is 2.15. The number of aliphatic hydroxyl groups is 1. The van der Waals surface area contributed by atoms with Gasteiger partial charge in [-0.2, -0.15) is 0 Å². The second kappa shape index (κ2) is 8.18. The fraction of sp³-hybridized carbons (Fsp3) is 0.533. The second-order valence-electron chi connectivity index (χ2n) is 5.02. The van der Waals surface area contributed by atoms with Gasteiger partial charge in [0.2, 0.25) is 5.91 Å². The Kier molecular flexibility index (Phi) is 6.89. The lowest BCUT2D eigenvalue weighted by Gasteiger charge is -2.21. The fourth-order valence-corrected chi connectivity index (χ4v) is 2.17. The Hall–Kier alpha value is -1.06. The first-order valence-corrected chi connectivity index (χ1v) is 7.06. The summed E-state index contributed by atoms with van der Waals surface area (Å²) < 4.78 is 0. The first-order valence-electron chi connectivity index (χ1n) is 6.68. The van der Waals surface area contributed by atoms with E-state index >= 15 is 0 Å². The van der Waals surface area contributed by atoms with Crippen molar-refractivity contribution in [2.24, 2.45) is 5.92 Å². The molecule has 1 amide bonds. The second-order valence-corrected chi connectivity index (χ2v) is 5.43. The Bertz CT molecular complexity index is 407. The van der Waals surface area contributed by atoms with Crippen LogP contribution < -0.4 is 5.32 Å². The molecule has 1 atom stereocenters. The molecule has 0 radical (unpaired) electrons. The molecular formula is C15H22ClNO2. The Morgan fingerprint density at radius 2 is 2.05 bits per heavy atom. The molecule has 0 fully saturated rings. The minimum Gasteiger partial charge on any atom is -0.396 e. The number of benzene rings is 1. The first-order chi connectivity index (χ1) is 9.04. The van der Waals surface area contributed by atoms with Gasteiger partial charge in [0.05, 0.1) is 0 Å². The zero-order valence-electron chi connectivity index (χ0n) is 11.5. The van der Waals surface area contributed by atoms with Gasteiger partial charge < -0.3 is 10.4 Å². The minimum absolute atomic E-state index is 0.00655. The van der Waals surface area contributed by atoms with E-state index in [1.54, 1.807) is 0 Å². The lowest BCUT2D eigenvalue weighted by Crippen LogP contribution is -2.39. The number of halogens is 1. The molecule has 0 saturated heterocycles. The molecule has 0 saturated carbocycles. The van der Waals surface area contributed by atoms with Crippen LogP contribution in [0.2, 0.25) is 5.02 Å². The predicted molar refractivity (Wildman–Crippen MR) is 78.2 cm³/mol. The molecule has 19 heavy (non-hydrogen) atoms. The van der Waals surface area contributed by atoms with Gasteiger partial charge >= 0.3 is 0 Å². The molecule has 106 valence electrons. The summed E-state index contributed by atoms with van der Waals surface area (Å²) in [6.45, 7) is 4.16. The monoisotopic (exact) mass is 283 g/mol. The normalized spacial score (nSPS) is 12.5. The molecule has 0 aromatic heterocycles. The summed E-state index contributed by atoms with van der Waals surface area (Å²) in [5.74, 6) is 0.323. The van der Waals surface area contributed by atoms with E-state index in [1.807, 2.05) is 38.1 Å². The summed E-state index contributed by atoms with van der Waals surface area (Å²) in [5.41, 5.74) is 0.988. The molecule has 0 aliphatic heterocycles. The third kappa shape index (κ3) is 5.62. The maximum absolute atomic E-state index is 11.9. The summed E-state index contributed by atoms with van der Waals surface area (Å²) in [5, 5.41) is 12.6. The SMILES string of the molecule is CC(C)C(CCO)NC(=O)CCc1ccccc1Cl. The Morgan fingerprint density at radius 1 is 1.37 bits per heavy atom. The number of amides is 1. The lowest BCUT2D eigenvalue weighted by molar-refractivity contribution is -0.122. The molecule has 0 aliphatic rings. The molecule has 1 rings (SSSR count). The number of carbonyl (C=O) groups excluding carboxylic acids is 1. The van der Waals surface area contributed by atoms with Gasteiger partial charge in [-0.1, -0.05) is 43.6 Å². The molecule has 0 bridgehead atoms. The van der Waals surface area contributed by atoms with Gasteiger partial charge in [0.15, 0.2) is 0 Å².